The molecule has 2 amide bonds. The summed E-state index contributed by atoms with van der Waals surface area (Å²) in [6.07, 6.45) is 0.492. The molecule has 2 N–H and O–H groups in total. The van der Waals surface area contributed by atoms with Crippen LogP contribution in [0.25, 0.3) is 11.0 Å². The highest BCUT2D eigenvalue weighted by Gasteiger charge is 2.32. The molecule has 0 saturated carbocycles. The number of fused-ring (bicyclic) bond motifs is 1. The van der Waals surface area contributed by atoms with Crippen molar-refractivity contribution in [1.82, 2.24) is 19.4 Å². The third kappa shape index (κ3) is 3.39. The fourth-order valence-electron chi connectivity index (χ4n) is 4.24. The molecule has 154 valence electrons. The summed E-state index contributed by atoms with van der Waals surface area (Å²) < 4.78 is 3.01. The molecule has 0 spiro atoms. The summed E-state index contributed by atoms with van der Waals surface area (Å²) in [7, 11) is 1.68. The molecule has 4 rings (SSSR count). The number of hydrogen-bond acceptors (Lipinski definition) is 6. The van der Waals surface area contributed by atoms with Gasteiger partial charge in [0.2, 0.25) is 11.8 Å². The zero-order chi connectivity index (χ0) is 20.7. The normalized spacial score (nSPS) is 20.9. The number of imidazole rings is 1. The van der Waals surface area contributed by atoms with Crippen molar-refractivity contribution in [2.45, 2.75) is 18.9 Å². The van der Waals surface area contributed by atoms with Gasteiger partial charge in [0.15, 0.2) is 0 Å². The largest absolute Gasteiger partial charge is 0.480 e. The number of carbonyl (C=O) groups is 3. The number of carboxylic acid groups (broad SMARTS) is 1. The third-order valence-corrected chi connectivity index (χ3v) is 5.68. The molecule has 29 heavy (non-hydrogen) atoms. The fourth-order valence-corrected chi connectivity index (χ4v) is 4.24. The molecule has 3 heterocycles. The van der Waals surface area contributed by atoms with Crippen molar-refractivity contribution < 1.29 is 19.5 Å². The minimum atomic E-state index is -0.843. The summed E-state index contributed by atoms with van der Waals surface area (Å²) in [6, 6.07) is 4.88. The summed E-state index contributed by atoms with van der Waals surface area (Å²) in [5, 5.41) is 11.3. The van der Waals surface area contributed by atoms with Crippen molar-refractivity contribution in [2.24, 2.45) is 7.05 Å². The van der Waals surface area contributed by atoms with Gasteiger partial charge in [0.05, 0.1) is 23.3 Å². The molecule has 0 bridgehead atoms. The molecular formula is C19H23N5O5. The number of carboxylic acids is 1. The number of aromatic nitrogens is 2. The lowest BCUT2D eigenvalue weighted by Gasteiger charge is -2.35. The van der Waals surface area contributed by atoms with Crippen molar-refractivity contribution in [3.63, 3.8) is 0 Å². The molecule has 1 unspecified atom stereocenters. The first-order valence-electron chi connectivity index (χ1n) is 9.59. The maximum Gasteiger partial charge on any atom is 0.329 e. The predicted molar refractivity (Wildman–Crippen MR) is 105 cm³/mol. The number of para-hydroxylation sites is 1. The van der Waals surface area contributed by atoms with E-state index in [1.54, 1.807) is 7.05 Å². The van der Waals surface area contributed by atoms with Crippen LogP contribution in [0, 0.1) is 0 Å². The van der Waals surface area contributed by atoms with Crippen LogP contribution in [-0.4, -0.2) is 69.6 Å². The van der Waals surface area contributed by atoms with Crippen molar-refractivity contribution in [3.8, 4) is 0 Å². The Morgan fingerprint density at radius 3 is 2.55 bits per heavy atom. The molecule has 10 nitrogen and oxygen atoms in total. The maximum absolute atomic E-state index is 13.0. The van der Waals surface area contributed by atoms with E-state index >= 15 is 0 Å². The van der Waals surface area contributed by atoms with Gasteiger partial charge in [0.25, 0.3) is 0 Å². The highest BCUT2D eigenvalue weighted by atomic mass is 16.4. The molecule has 2 aromatic rings. The quantitative estimate of drug-likeness (QED) is 0.665. The Morgan fingerprint density at radius 1 is 1.17 bits per heavy atom. The topological polar surface area (TPSA) is 117 Å². The number of hydrogen-bond donors (Lipinski definition) is 2. The SMILES string of the molecule is Cn1c(=O)n(C2CCC(=O)NC2=O)c2cccc(N3CCN(CC(=O)O)CC3)c21. The first-order chi connectivity index (χ1) is 13.9. The molecular weight excluding hydrogens is 378 g/mol. The smallest absolute Gasteiger partial charge is 0.329 e. The van der Waals surface area contributed by atoms with E-state index in [4.69, 9.17) is 5.11 Å². The number of amides is 2. The highest BCUT2D eigenvalue weighted by molar-refractivity contribution is 6.00. The number of piperazine rings is 1. The van der Waals surface area contributed by atoms with Gasteiger partial charge in [-0.05, 0) is 18.6 Å². The predicted octanol–water partition coefficient (Wildman–Crippen LogP) is -0.476. The monoisotopic (exact) mass is 401 g/mol. The average Bonchev–Trinajstić information content (AvgIpc) is 2.93. The van der Waals surface area contributed by atoms with Gasteiger partial charge in [-0.15, -0.1) is 0 Å². The van der Waals surface area contributed by atoms with Crippen molar-refractivity contribution in [2.75, 3.05) is 37.6 Å². The van der Waals surface area contributed by atoms with E-state index in [-0.39, 0.29) is 24.6 Å². The Bertz CT molecular complexity index is 1050. The average molecular weight is 401 g/mol. The number of carbonyl (C=O) groups excluding carboxylic acids is 2. The molecule has 2 fully saturated rings. The van der Waals surface area contributed by atoms with E-state index in [0.717, 1.165) is 11.2 Å². The minimum Gasteiger partial charge on any atom is -0.480 e. The van der Waals surface area contributed by atoms with Crippen LogP contribution in [0.1, 0.15) is 18.9 Å². The summed E-state index contributed by atoms with van der Waals surface area (Å²) >= 11 is 0. The van der Waals surface area contributed by atoms with Crippen LogP contribution in [0.5, 0.6) is 0 Å². The number of aliphatic carboxylic acids is 1. The van der Waals surface area contributed by atoms with Crippen LogP contribution in [0.2, 0.25) is 0 Å². The van der Waals surface area contributed by atoms with Gasteiger partial charge in [-0.2, -0.15) is 0 Å². The molecule has 0 radical (unpaired) electrons. The Kier molecular flexibility index (Phi) is 4.87. The highest BCUT2D eigenvalue weighted by Crippen LogP contribution is 2.30. The number of aryl methyl sites for hydroxylation is 1. The van der Waals surface area contributed by atoms with Crippen molar-refractivity contribution in [1.29, 1.82) is 0 Å². The lowest BCUT2D eigenvalue weighted by Crippen LogP contribution is -2.48. The lowest BCUT2D eigenvalue weighted by molar-refractivity contribution is -0.138. The second-order valence-electron chi connectivity index (χ2n) is 7.48. The van der Waals surface area contributed by atoms with E-state index in [2.05, 4.69) is 10.2 Å². The molecule has 2 aliphatic rings. The number of nitrogens with zero attached hydrogens (tertiary/aromatic N) is 4. The van der Waals surface area contributed by atoms with E-state index in [1.165, 1.54) is 9.13 Å². The van der Waals surface area contributed by atoms with Gasteiger partial charge >= 0.3 is 11.7 Å². The van der Waals surface area contributed by atoms with E-state index in [9.17, 15) is 19.2 Å². The lowest BCUT2D eigenvalue weighted by atomic mass is 10.1. The molecule has 0 aliphatic carbocycles. The molecule has 1 aromatic carbocycles. The summed E-state index contributed by atoms with van der Waals surface area (Å²) in [4.78, 5) is 51.8. The zero-order valence-electron chi connectivity index (χ0n) is 16.1. The number of nitrogens with one attached hydrogen (secondary N) is 1. The van der Waals surface area contributed by atoms with Gasteiger partial charge < -0.3 is 10.0 Å². The Hall–Kier alpha value is -3.14. The number of anilines is 1. The van der Waals surface area contributed by atoms with E-state index in [0.29, 0.717) is 38.1 Å². The molecule has 2 saturated heterocycles. The first-order valence-corrected chi connectivity index (χ1v) is 9.59. The van der Waals surface area contributed by atoms with E-state index < -0.39 is 17.9 Å². The van der Waals surface area contributed by atoms with E-state index in [1.807, 2.05) is 23.1 Å². The van der Waals surface area contributed by atoms with Crippen LogP contribution >= 0.6 is 0 Å². The van der Waals surface area contributed by atoms with Crippen LogP contribution < -0.4 is 15.9 Å². The maximum atomic E-state index is 13.0. The molecule has 2 aliphatic heterocycles. The van der Waals surface area contributed by atoms with Crippen LogP contribution in [0.15, 0.2) is 23.0 Å². The van der Waals surface area contributed by atoms with Crippen LogP contribution in [-0.2, 0) is 21.4 Å². The Morgan fingerprint density at radius 2 is 1.90 bits per heavy atom. The van der Waals surface area contributed by atoms with Gasteiger partial charge in [-0.3, -0.25) is 33.7 Å². The van der Waals surface area contributed by atoms with Gasteiger partial charge in [-0.1, -0.05) is 6.07 Å². The van der Waals surface area contributed by atoms with Gasteiger partial charge in [-0.25, -0.2) is 4.79 Å². The number of imide groups is 1. The fraction of sp³-hybridized carbons (Fsp3) is 0.474. The zero-order valence-corrected chi connectivity index (χ0v) is 16.1. The molecule has 1 atom stereocenters. The number of piperidine rings is 1. The Balaban J connectivity index is 1.70. The number of benzene rings is 1. The standard InChI is InChI=1S/C19H23N5O5/c1-21-17-12(23-9-7-22(8-10-23)11-16(26)27)3-2-4-13(17)24(19(21)29)14-5-6-15(25)20-18(14)28/h2-4,14H,5-11H2,1H3,(H,26,27)(H,20,25,28). The van der Waals surface area contributed by atoms with Crippen molar-refractivity contribution >= 4 is 34.5 Å². The van der Waals surface area contributed by atoms with Crippen molar-refractivity contribution in [3.05, 3.63) is 28.7 Å². The minimum absolute atomic E-state index is 0.0163. The van der Waals surface area contributed by atoms with Gasteiger partial charge in [0.1, 0.15) is 6.04 Å². The first kappa shape index (κ1) is 19.2. The third-order valence-electron chi connectivity index (χ3n) is 5.68. The second-order valence-corrected chi connectivity index (χ2v) is 7.48. The van der Waals surface area contributed by atoms with Gasteiger partial charge in [0, 0.05) is 39.6 Å². The molecule has 1 aromatic heterocycles. The van der Waals surface area contributed by atoms with Crippen LogP contribution in [0.4, 0.5) is 5.69 Å². The Labute approximate surface area is 166 Å². The molecule has 10 heteroatoms. The van der Waals surface area contributed by atoms with Crippen LogP contribution in [0.3, 0.4) is 0 Å². The summed E-state index contributed by atoms with van der Waals surface area (Å²) in [5.74, 6) is -1.62. The summed E-state index contributed by atoms with van der Waals surface area (Å²) in [5.41, 5.74) is 1.96. The second kappa shape index (κ2) is 7.36. The number of rotatable bonds is 4. The summed E-state index contributed by atoms with van der Waals surface area (Å²) in [6.45, 7) is 2.53.